The standard InChI is InChI=1S/C46H29N5/c47-27-30-16-19-45-40(22-30)38-12-3-5-14-43(38)50(45)37-11-2-1-8-34(26-37)32-9-7-10-33(24-32)35-18-21-42(36(25-35)29-49)51-44-15-6-4-13-39(44)41-23-31(28-48)17-20-46(41)51/h1,3-10,12-26,34H,2,11H2. The highest BCUT2D eigenvalue weighted by atomic mass is 15.0. The molecule has 0 saturated carbocycles. The molecule has 238 valence electrons. The maximum atomic E-state index is 10.5. The summed E-state index contributed by atoms with van der Waals surface area (Å²) in [6, 6.07) is 50.0. The molecular weight excluding hydrogens is 623 g/mol. The maximum absolute atomic E-state index is 10.5. The molecule has 0 fully saturated rings. The molecule has 0 N–H and O–H groups in total. The van der Waals surface area contributed by atoms with Crippen LogP contribution in [0.1, 0.15) is 41.0 Å². The lowest BCUT2D eigenvalue weighted by molar-refractivity contribution is 0.995. The lowest BCUT2D eigenvalue weighted by Crippen LogP contribution is -2.00. The Kier molecular flexibility index (Phi) is 7.10. The highest BCUT2D eigenvalue weighted by Crippen LogP contribution is 2.38. The van der Waals surface area contributed by atoms with Gasteiger partial charge >= 0.3 is 0 Å². The molecule has 1 unspecified atom stereocenters. The van der Waals surface area contributed by atoms with E-state index in [1.165, 1.54) is 11.3 Å². The highest BCUT2D eigenvalue weighted by molar-refractivity contribution is 6.11. The van der Waals surface area contributed by atoms with Gasteiger partial charge in [0.05, 0.1) is 56.6 Å². The van der Waals surface area contributed by atoms with Gasteiger partial charge in [0, 0.05) is 33.2 Å². The Morgan fingerprint density at radius 2 is 1.16 bits per heavy atom. The largest absolute Gasteiger partial charge is 0.313 e. The van der Waals surface area contributed by atoms with Crippen molar-refractivity contribution in [1.82, 2.24) is 9.13 Å². The Bertz CT molecular complexity index is 2910. The van der Waals surface area contributed by atoms with E-state index >= 15 is 0 Å². The Morgan fingerprint density at radius 1 is 0.529 bits per heavy atom. The highest BCUT2D eigenvalue weighted by Gasteiger charge is 2.19. The smallest absolute Gasteiger partial charge is 0.101 e. The number of fused-ring (bicyclic) bond motifs is 6. The van der Waals surface area contributed by atoms with Gasteiger partial charge in [0.2, 0.25) is 0 Å². The summed E-state index contributed by atoms with van der Waals surface area (Å²) >= 11 is 0. The third-order valence-electron chi connectivity index (χ3n) is 10.1. The van der Waals surface area contributed by atoms with Crippen molar-refractivity contribution in [2.45, 2.75) is 18.8 Å². The van der Waals surface area contributed by atoms with E-state index in [0.29, 0.717) is 16.7 Å². The van der Waals surface area contributed by atoms with Gasteiger partial charge in [-0.15, -0.1) is 0 Å². The summed E-state index contributed by atoms with van der Waals surface area (Å²) in [6.07, 6.45) is 8.76. The van der Waals surface area contributed by atoms with E-state index in [0.717, 1.165) is 73.3 Å². The quantitative estimate of drug-likeness (QED) is 0.178. The summed E-state index contributed by atoms with van der Waals surface area (Å²) in [5, 5.41) is 33.9. The van der Waals surface area contributed by atoms with E-state index < -0.39 is 0 Å². The normalized spacial score (nSPS) is 14.3. The average molecular weight is 652 g/mol. The van der Waals surface area contributed by atoms with Crippen LogP contribution in [-0.4, -0.2) is 9.13 Å². The second-order valence-corrected chi connectivity index (χ2v) is 13.0. The van der Waals surface area contributed by atoms with Crippen LogP contribution in [0, 0.1) is 34.0 Å². The van der Waals surface area contributed by atoms with Crippen LogP contribution in [0.3, 0.4) is 0 Å². The molecular formula is C46H29N5. The van der Waals surface area contributed by atoms with Crippen molar-refractivity contribution < 1.29 is 0 Å². The molecule has 0 bridgehead atoms. The van der Waals surface area contributed by atoms with Gasteiger partial charge in [0.25, 0.3) is 0 Å². The molecule has 2 heterocycles. The van der Waals surface area contributed by atoms with E-state index in [4.69, 9.17) is 0 Å². The number of benzene rings is 6. The Morgan fingerprint density at radius 3 is 1.84 bits per heavy atom. The third kappa shape index (κ3) is 4.90. The average Bonchev–Trinajstić information content (AvgIpc) is 3.57. The maximum Gasteiger partial charge on any atom is 0.101 e. The van der Waals surface area contributed by atoms with Crippen LogP contribution in [0.4, 0.5) is 0 Å². The second kappa shape index (κ2) is 12.1. The first-order valence-corrected chi connectivity index (χ1v) is 17.0. The molecule has 2 aromatic heterocycles. The number of nitrogens with zero attached hydrogens (tertiary/aromatic N) is 5. The van der Waals surface area contributed by atoms with Crippen LogP contribution in [-0.2, 0) is 0 Å². The molecule has 1 atom stereocenters. The first kappa shape index (κ1) is 30.0. The summed E-state index contributed by atoms with van der Waals surface area (Å²) in [6.45, 7) is 0. The van der Waals surface area contributed by atoms with Crippen LogP contribution in [0.5, 0.6) is 0 Å². The first-order chi connectivity index (χ1) is 25.1. The number of aromatic nitrogens is 2. The lowest BCUT2D eigenvalue weighted by atomic mass is 9.93. The molecule has 0 saturated heterocycles. The summed E-state index contributed by atoms with van der Waals surface area (Å²) < 4.78 is 4.49. The first-order valence-electron chi connectivity index (χ1n) is 17.0. The summed E-state index contributed by atoms with van der Waals surface area (Å²) in [4.78, 5) is 0. The molecule has 51 heavy (non-hydrogen) atoms. The monoisotopic (exact) mass is 651 g/mol. The Labute approximate surface area is 295 Å². The van der Waals surface area contributed by atoms with E-state index in [9.17, 15) is 15.8 Å². The SMILES string of the molecule is N#Cc1ccc2c(c1)c1ccccc1n2C1=CC(c2cccc(-c3ccc(-n4c5ccccc5c5cc(C#N)ccc54)c(C#N)c3)c2)C=CCC1. The minimum atomic E-state index is 0.0580. The molecule has 0 radical (unpaired) electrons. The number of nitriles is 3. The van der Waals surface area contributed by atoms with Crippen molar-refractivity contribution in [3.8, 4) is 35.0 Å². The second-order valence-electron chi connectivity index (χ2n) is 13.0. The Balaban J connectivity index is 1.13. The minimum absolute atomic E-state index is 0.0580. The summed E-state index contributed by atoms with van der Waals surface area (Å²) in [5.74, 6) is 0.0580. The predicted octanol–water partition coefficient (Wildman–Crippen LogP) is 11.1. The number of hydrogen-bond donors (Lipinski definition) is 0. The number of para-hydroxylation sites is 2. The van der Waals surface area contributed by atoms with Gasteiger partial charge in [-0.1, -0.05) is 85.0 Å². The van der Waals surface area contributed by atoms with Crippen molar-refractivity contribution in [2.75, 3.05) is 0 Å². The zero-order chi connectivity index (χ0) is 34.5. The summed E-state index contributed by atoms with van der Waals surface area (Å²) in [5.41, 5.74) is 11.3. The van der Waals surface area contributed by atoms with Crippen molar-refractivity contribution >= 4 is 49.3 Å². The van der Waals surface area contributed by atoms with Gasteiger partial charge in [-0.2, -0.15) is 15.8 Å². The van der Waals surface area contributed by atoms with Crippen molar-refractivity contribution in [3.63, 3.8) is 0 Å². The van der Waals surface area contributed by atoms with Gasteiger partial charge < -0.3 is 9.13 Å². The van der Waals surface area contributed by atoms with E-state index in [2.05, 4.69) is 118 Å². The van der Waals surface area contributed by atoms with Crippen LogP contribution in [0.15, 0.2) is 146 Å². The molecule has 1 aliphatic carbocycles. The van der Waals surface area contributed by atoms with E-state index in [1.54, 1.807) is 0 Å². The lowest BCUT2D eigenvalue weighted by Gasteiger charge is -2.16. The van der Waals surface area contributed by atoms with E-state index in [-0.39, 0.29) is 5.92 Å². The molecule has 1 aliphatic rings. The predicted molar refractivity (Wildman–Crippen MR) is 205 cm³/mol. The van der Waals surface area contributed by atoms with E-state index in [1.807, 2.05) is 54.6 Å². The zero-order valence-electron chi connectivity index (χ0n) is 27.6. The number of allylic oxidation sites excluding steroid dienone is 4. The van der Waals surface area contributed by atoms with Gasteiger partial charge in [-0.05, 0) is 90.2 Å². The molecule has 0 aliphatic heterocycles. The van der Waals surface area contributed by atoms with Crippen LogP contribution in [0.25, 0.3) is 66.1 Å². The van der Waals surface area contributed by atoms with Crippen molar-refractivity contribution in [2.24, 2.45) is 0 Å². The van der Waals surface area contributed by atoms with Gasteiger partial charge in [-0.3, -0.25) is 0 Å². The van der Waals surface area contributed by atoms with Crippen molar-refractivity contribution in [3.05, 3.63) is 168 Å². The molecule has 0 amide bonds. The zero-order valence-corrected chi connectivity index (χ0v) is 27.6. The third-order valence-corrected chi connectivity index (χ3v) is 10.1. The van der Waals surface area contributed by atoms with Crippen molar-refractivity contribution in [1.29, 1.82) is 15.8 Å². The van der Waals surface area contributed by atoms with Gasteiger partial charge in [-0.25, -0.2) is 0 Å². The van der Waals surface area contributed by atoms with Crippen LogP contribution >= 0.6 is 0 Å². The van der Waals surface area contributed by atoms with Crippen LogP contribution in [0.2, 0.25) is 0 Å². The molecule has 9 rings (SSSR count). The topological polar surface area (TPSA) is 81.2 Å². The fourth-order valence-corrected chi connectivity index (χ4v) is 7.79. The van der Waals surface area contributed by atoms with Crippen LogP contribution < -0.4 is 0 Å². The van der Waals surface area contributed by atoms with Gasteiger partial charge in [0.15, 0.2) is 0 Å². The fourth-order valence-electron chi connectivity index (χ4n) is 7.79. The fraction of sp³-hybridized carbons (Fsp3) is 0.0652. The molecule has 5 nitrogen and oxygen atoms in total. The number of hydrogen-bond acceptors (Lipinski definition) is 3. The van der Waals surface area contributed by atoms with Gasteiger partial charge in [0.1, 0.15) is 6.07 Å². The minimum Gasteiger partial charge on any atom is -0.313 e. The molecule has 0 spiro atoms. The Hall–Kier alpha value is -7.13. The molecule has 6 aromatic carbocycles. The summed E-state index contributed by atoms with van der Waals surface area (Å²) in [7, 11) is 0. The number of rotatable bonds is 4. The molecule has 8 aromatic rings. The molecule has 5 heteroatoms.